The van der Waals surface area contributed by atoms with Gasteiger partial charge in [-0.15, -0.1) is 11.6 Å². The summed E-state index contributed by atoms with van der Waals surface area (Å²) in [6.45, 7) is 1.57. The number of anilines is 1. The van der Waals surface area contributed by atoms with E-state index in [-0.39, 0.29) is 16.8 Å². The number of carbonyl (C=O) groups is 1. The van der Waals surface area contributed by atoms with E-state index in [2.05, 4.69) is 10.0 Å². The number of carbonyl (C=O) groups excluding carboxylic acids is 1. The number of alkyl halides is 1. The summed E-state index contributed by atoms with van der Waals surface area (Å²) in [5, 5.41) is 1.97. The highest BCUT2D eigenvalue weighted by molar-refractivity contribution is 7.89. The molecule has 1 aliphatic carbocycles. The van der Waals surface area contributed by atoms with Crippen molar-refractivity contribution in [2.24, 2.45) is 0 Å². The number of benzene rings is 1. The number of nitrogens with one attached hydrogen (secondary N) is 2. The lowest BCUT2D eigenvalue weighted by molar-refractivity contribution is -0.115. The molecule has 1 unspecified atom stereocenters. The Morgan fingerprint density at radius 3 is 2.32 bits per heavy atom. The molecule has 1 amide bonds. The predicted octanol–water partition coefficient (Wildman–Crippen LogP) is 2.86. The first-order chi connectivity index (χ1) is 10.4. The molecule has 0 saturated heterocycles. The minimum atomic E-state index is -3.51. The molecule has 0 aliphatic heterocycles. The van der Waals surface area contributed by atoms with E-state index in [1.807, 2.05) is 0 Å². The Labute approximate surface area is 136 Å². The van der Waals surface area contributed by atoms with Gasteiger partial charge in [0.15, 0.2) is 0 Å². The molecule has 2 rings (SSSR count). The molecule has 1 saturated carbocycles. The normalized spacial score (nSPS) is 17.9. The Bertz CT molecular complexity index is 608. The highest BCUT2D eigenvalue weighted by Gasteiger charge is 2.21. The molecular formula is C15H21ClN2O3S. The molecule has 0 spiro atoms. The van der Waals surface area contributed by atoms with Crippen molar-refractivity contribution < 1.29 is 13.2 Å². The minimum absolute atomic E-state index is 0.0234. The van der Waals surface area contributed by atoms with E-state index in [0.717, 1.165) is 25.7 Å². The molecule has 1 aliphatic rings. The largest absolute Gasteiger partial charge is 0.325 e. The number of sulfonamides is 1. The Balaban J connectivity index is 2.03. The van der Waals surface area contributed by atoms with Crippen LogP contribution in [0.5, 0.6) is 0 Å². The maximum absolute atomic E-state index is 12.3. The van der Waals surface area contributed by atoms with Gasteiger partial charge < -0.3 is 5.32 Å². The maximum Gasteiger partial charge on any atom is 0.242 e. The first-order valence-electron chi connectivity index (χ1n) is 7.46. The van der Waals surface area contributed by atoms with Crippen LogP contribution in [0.1, 0.15) is 39.0 Å². The lowest BCUT2D eigenvalue weighted by atomic mass is 9.96. The van der Waals surface area contributed by atoms with Gasteiger partial charge in [0, 0.05) is 11.7 Å². The van der Waals surface area contributed by atoms with E-state index in [9.17, 15) is 13.2 Å². The van der Waals surface area contributed by atoms with Crippen LogP contribution in [0.2, 0.25) is 0 Å². The van der Waals surface area contributed by atoms with E-state index in [0.29, 0.717) is 5.69 Å². The smallest absolute Gasteiger partial charge is 0.242 e. The van der Waals surface area contributed by atoms with Gasteiger partial charge in [0.25, 0.3) is 0 Å². The maximum atomic E-state index is 12.3. The van der Waals surface area contributed by atoms with Crippen LogP contribution < -0.4 is 10.0 Å². The van der Waals surface area contributed by atoms with Crippen molar-refractivity contribution in [3.05, 3.63) is 24.3 Å². The molecule has 1 aromatic carbocycles. The molecule has 1 aromatic rings. The van der Waals surface area contributed by atoms with Gasteiger partial charge in [-0.3, -0.25) is 4.79 Å². The molecular weight excluding hydrogens is 324 g/mol. The summed E-state index contributed by atoms with van der Waals surface area (Å²) < 4.78 is 27.4. The minimum Gasteiger partial charge on any atom is -0.325 e. The molecule has 0 heterocycles. The van der Waals surface area contributed by atoms with Crippen LogP contribution in [-0.4, -0.2) is 25.7 Å². The molecule has 22 heavy (non-hydrogen) atoms. The Morgan fingerprint density at radius 1 is 1.18 bits per heavy atom. The number of hydrogen-bond acceptors (Lipinski definition) is 3. The fourth-order valence-corrected chi connectivity index (χ4v) is 3.83. The van der Waals surface area contributed by atoms with Crippen LogP contribution in [0.15, 0.2) is 29.2 Å². The van der Waals surface area contributed by atoms with Crippen LogP contribution in [-0.2, 0) is 14.8 Å². The van der Waals surface area contributed by atoms with Gasteiger partial charge in [-0.1, -0.05) is 19.3 Å². The van der Waals surface area contributed by atoms with E-state index < -0.39 is 15.4 Å². The van der Waals surface area contributed by atoms with E-state index in [4.69, 9.17) is 11.6 Å². The summed E-state index contributed by atoms with van der Waals surface area (Å²) >= 11 is 5.67. The summed E-state index contributed by atoms with van der Waals surface area (Å²) in [6, 6.07) is 6.12. The van der Waals surface area contributed by atoms with E-state index in [1.165, 1.54) is 18.6 Å². The average molecular weight is 345 g/mol. The second-order valence-electron chi connectivity index (χ2n) is 5.59. The third-order valence-corrected chi connectivity index (χ3v) is 5.46. The Morgan fingerprint density at radius 2 is 1.77 bits per heavy atom. The fourth-order valence-electron chi connectivity index (χ4n) is 2.47. The molecule has 0 aromatic heterocycles. The van der Waals surface area contributed by atoms with Crippen LogP contribution in [0.4, 0.5) is 5.69 Å². The third kappa shape index (κ3) is 4.69. The number of hydrogen-bond donors (Lipinski definition) is 2. The van der Waals surface area contributed by atoms with Gasteiger partial charge in [0.1, 0.15) is 5.38 Å². The topological polar surface area (TPSA) is 75.3 Å². The summed E-state index contributed by atoms with van der Waals surface area (Å²) in [6.07, 6.45) is 5.08. The van der Waals surface area contributed by atoms with Gasteiger partial charge in [-0.05, 0) is 44.0 Å². The molecule has 122 valence electrons. The second kappa shape index (κ2) is 7.44. The van der Waals surface area contributed by atoms with Crippen molar-refractivity contribution in [2.75, 3.05) is 5.32 Å². The standard InChI is InChI=1S/C15H21ClN2O3S/c1-11(16)15(19)17-12-7-9-14(10-8-12)22(20,21)18-13-5-3-2-4-6-13/h7-11,13,18H,2-6H2,1H3,(H,17,19). The van der Waals surface area contributed by atoms with E-state index in [1.54, 1.807) is 19.1 Å². The summed E-state index contributed by atoms with van der Waals surface area (Å²) in [7, 11) is -3.51. The molecule has 7 heteroatoms. The zero-order chi connectivity index (χ0) is 16.2. The lowest BCUT2D eigenvalue weighted by Gasteiger charge is -2.22. The predicted molar refractivity (Wildman–Crippen MR) is 87.6 cm³/mol. The van der Waals surface area contributed by atoms with E-state index >= 15 is 0 Å². The molecule has 0 bridgehead atoms. The van der Waals surface area contributed by atoms with Gasteiger partial charge >= 0.3 is 0 Å². The third-order valence-electron chi connectivity index (χ3n) is 3.72. The first kappa shape index (κ1) is 17.2. The zero-order valence-corrected chi connectivity index (χ0v) is 14.1. The van der Waals surface area contributed by atoms with Crippen molar-refractivity contribution in [1.82, 2.24) is 4.72 Å². The summed E-state index contributed by atoms with van der Waals surface area (Å²) in [5.74, 6) is -0.322. The number of halogens is 1. The second-order valence-corrected chi connectivity index (χ2v) is 7.95. The molecule has 1 atom stereocenters. The molecule has 5 nitrogen and oxygen atoms in total. The SMILES string of the molecule is CC(Cl)C(=O)Nc1ccc(S(=O)(=O)NC2CCCCC2)cc1. The molecule has 1 fully saturated rings. The van der Waals surface area contributed by atoms with Gasteiger partial charge in [0.05, 0.1) is 4.90 Å². The quantitative estimate of drug-likeness (QED) is 0.806. The molecule has 0 radical (unpaired) electrons. The lowest BCUT2D eigenvalue weighted by Crippen LogP contribution is -2.36. The number of rotatable bonds is 5. The Hall–Kier alpha value is -1.11. The van der Waals surface area contributed by atoms with Crippen LogP contribution >= 0.6 is 11.6 Å². The monoisotopic (exact) mass is 344 g/mol. The van der Waals surface area contributed by atoms with Gasteiger partial charge in [-0.25, -0.2) is 13.1 Å². The first-order valence-corrected chi connectivity index (χ1v) is 9.38. The summed E-state index contributed by atoms with van der Waals surface area (Å²) in [4.78, 5) is 11.7. The van der Waals surface area contributed by atoms with Crippen molar-refractivity contribution in [1.29, 1.82) is 0 Å². The van der Waals surface area contributed by atoms with Crippen molar-refractivity contribution in [3.8, 4) is 0 Å². The molecule has 2 N–H and O–H groups in total. The average Bonchev–Trinajstić information content (AvgIpc) is 2.48. The highest BCUT2D eigenvalue weighted by Crippen LogP contribution is 2.21. The van der Waals surface area contributed by atoms with Crippen molar-refractivity contribution >= 4 is 33.2 Å². The highest BCUT2D eigenvalue weighted by atomic mass is 35.5. The van der Waals surface area contributed by atoms with Crippen molar-refractivity contribution in [3.63, 3.8) is 0 Å². The number of amides is 1. The zero-order valence-electron chi connectivity index (χ0n) is 12.5. The Kier molecular flexibility index (Phi) is 5.83. The fraction of sp³-hybridized carbons (Fsp3) is 0.533. The van der Waals surface area contributed by atoms with Crippen LogP contribution in [0.25, 0.3) is 0 Å². The van der Waals surface area contributed by atoms with Crippen molar-refractivity contribution in [2.45, 2.75) is 55.3 Å². The summed E-state index contributed by atoms with van der Waals surface area (Å²) in [5.41, 5.74) is 0.522. The van der Waals surface area contributed by atoms with Crippen LogP contribution in [0.3, 0.4) is 0 Å². The van der Waals surface area contributed by atoms with Crippen LogP contribution in [0, 0.1) is 0 Å². The van der Waals surface area contributed by atoms with Gasteiger partial charge in [-0.2, -0.15) is 0 Å². The van der Waals surface area contributed by atoms with Gasteiger partial charge in [0.2, 0.25) is 15.9 Å².